The van der Waals surface area contributed by atoms with Gasteiger partial charge in [-0.15, -0.1) is 0 Å². The number of phosphoric ester groups is 1. The third-order valence-electron chi connectivity index (χ3n) is 6.08. The van der Waals surface area contributed by atoms with Crippen LogP contribution in [0.1, 0.15) is 20.1 Å². The van der Waals surface area contributed by atoms with Crippen LogP contribution in [0.15, 0.2) is 78.1 Å². The lowest BCUT2D eigenvalue weighted by Gasteiger charge is -2.25. The number of rotatable bonds is 8. The molecule has 0 unspecified atom stereocenters. The number of nitrogens with zero attached hydrogens (tertiary/aromatic N) is 3. The van der Waals surface area contributed by atoms with Gasteiger partial charge in [-0.25, -0.2) is 14.5 Å². The minimum atomic E-state index is -4.16. The average molecular weight is 540 g/mol. The number of para-hydroxylation sites is 2. The van der Waals surface area contributed by atoms with E-state index in [0.29, 0.717) is 17.1 Å². The molecule has 0 radical (unpaired) electrons. The summed E-state index contributed by atoms with van der Waals surface area (Å²) in [6, 6.07) is 17.2. The van der Waals surface area contributed by atoms with Gasteiger partial charge in [-0.05, 0) is 38.1 Å². The predicted molar refractivity (Wildman–Crippen MR) is 134 cm³/mol. The van der Waals surface area contributed by atoms with E-state index in [0.717, 1.165) is 0 Å². The lowest BCUT2D eigenvalue weighted by molar-refractivity contribution is -0.199. The van der Waals surface area contributed by atoms with Gasteiger partial charge in [0.05, 0.1) is 19.3 Å². The van der Waals surface area contributed by atoms with Crippen molar-refractivity contribution in [2.24, 2.45) is 0 Å². The highest BCUT2D eigenvalue weighted by atomic mass is 31.2. The maximum absolute atomic E-state index is 13.8. The summed E-state index contributed by atoms with van der Waals surface area (Å²) in [5.74, 6) is -0.281. The molecule has 2 aromatic heterocycles. The Balaban J connectivity index is 1.27. The van der Waals surface area contributed by atoms with Gasteiger partial charge >= 0.3 is 7.82 Å². The number of hydrogen-bond donors (Lipinski definition) is 1. The molecule has 2 aliphatic heterocycles. The summed E-state index contributed by atoms with van der Waals surface area (Å²) in [7, 11) is -4.16. The Morgan fingerprint density at radius 2 is 1.61 bits per heavy atom. The van der Waals surface area contributed by atoms with Crippen LogP contribution in [-0.4, -0.2) is 50.2 Å². The highest BCUT2D eigenvalue weighted by molar-refractivity contribution is 7.49. The first-order valence-electron chi connectivity index (χ1n) is 12.0. The Morgan fingerprint density at radius 1 is 0.974 bits per heavy atom. The van der Waals surface area contributed by atoms with Gasteiger partial charge in [0.15, 0.2) is 23.2 Å². The van der Waals surface area contributed by atoms with Crippen molar-refractivity contribution in [3.8, 4) is 11.5 Å². The van der Waals surface area contributed by atoms with Crippen molar-refractivity contribution in [3.63, 3.8) is 0 Å². The zero-order valence-electron chi connectivity index (χ0n) is 20.5. The van der Waals surface area contributed by atoms with Crippen molar-refractivity contribution in [2.45, 2.75) is 44.2 Å². The summed E-state index contributed by atoms with van der Waals surface area (Å²) >= 11 is 0. The number of ether oxygens (including phenoxy) is 3. The number of imidazole rings is 1. The van der Waals surface area contributed by atoms with E-state index in [2.05, 4.69) is 15.0 Å². The fourth-order valence-electron chi connectivity index (χ4n) is 4.52. The average Bonchev–Trinajstić information content (AvgIpc) is 3.55. The van der Waals surface area contributed by atoms with Gasteiger partial charge < -0.3 is 28.2 Å². The zero-order chi connectivity index (χ0) is 26.3. The molecule has 6 rings (SSSR count). The molecular formula is C25H25N4O8P. The lowest BCUT2D eigenvalue weighted by atomic mass is 10.1. The van der Waals surface area contributed by atoms with Gasteiger partial charge in [0.25, 0.3) is 5.56 Å². The molecule has 12 nitrogen and oxygen atoms in total. The number of aromatic nitrogens is 4. The van der Waals surface area contributed by atoms with Crippen molar-refractivity contribution < 1.29 is 32.3 Å². The Hall–Kier alpha value is -3.54. The number of hydrogen-bond acceptors (Lipinski definition) is 10. The number of fused-ring (bicyclic) bond motifs is 2. The fourth-order valence-corrected chi connectivity index (χ4v) is 5.76. The quantitative estimate of drug-likeness (QED) is 0.329. The summed E-state index contributed by atoms with van der Waals surface area (Å²) < 4.78 is 51.2. The van der Waals surface area contributed by atoms with Gasteiger partial charge in [-0.2, -0.15) is 0 Å². The molecule has 0 spiro atoms. The van der Waals surface area contributed by atoms with Crippen LogP contribution < -0.4 is 14.6 Å². The molecule has 0 bridgehead atoms. The zero-order valence-corrected chi connectivity index (χ0v) is 21.4. The molecule has 2 saturated heterocycles. The molecule has 2 fully saturated rings. The van der Waals surface area contributed by atoms with Crippen LogP contribution in [0.2, 0.25) is 0 Å². The van der Waals surface area contributed by atoms with Crippen molar-refractivity contribution in [2.75, 3.05) is 6.61 Å². The van der Waals surface area contributed by atoms with Crippen LogP contribution in [0.4, 0.5) is 0 Å². The lowest BCUT2D eigenvalue weighted by Crippen LogP contribution is -2.33. The number of phosphoric acid groups is 1. The molecule has 4 heterocycles. The van der Waals surface area contributed by atoms with Crippen molar-refractivity contribution in [1.82, 2.24) is 19.5 Å². The molecule has 38 heavy (non-hydrogen) atoms. The smallest absolute Gasteiger partial charge is 0.395 e. The number of benzene rings is 2. The van der Waals surface area contributed by atoms with Crippen molar-refractivity contribution >= 4 is 19.0 Å². The molecule has 4 atom stereocenters. The van der Waals surface area contributed by atoms with Crippen molar-refractivity contribution in [3.05, 3.63) is 83.7 Å². The summed E-state index contributed by atoms with van der Waals surface area (Å²) in [6.45, 7) is 3.38. The van der Waals surface area contributed by atoms with E-state index < -0.39 is 38.1 Å². The number of aromatic amines is 1. The fraction of sp³-hybridized carbons (Fsp3) is 0.320. The molecule has 2 aromatic carbocycles. The highest BCUT2D eigenvalue weighted by Gasteiger charge is 2.56. The van der Waals surface area contributed by atoms with Gasteiger partial charge in [-0.3, -0.25) is 13.9 Å². The second-order valence-electron chi connectivity index (χ2n) is 9.24. The van der Waals surface area contributed by atoms with Crippen LogP contribution >= 0.6 is 7.82 Å². The van der Waals surface area contributed by atoms with E-state index in [9.17, 15) is 9.36 Å². The first-order valence-corrected chi connectivity index (χ1v) is 13.4. The van der Waals surface area contributed by atoms with Crippen LogP contribution in [0.5, 0.6) is 11.5 Å². The van der Waals surface area contributed by atoms with Gasteiger partial charge in [0.1, 0.15) is 29.8 Å². The number of nitrogens with one attached hydrogen (secondary N) is 1. The molecule has 0 amide bonds. The summed E-state index contributed by atoms with van der Waals surface area (Å²) in [6.07, 6.45) is 0.133. The summed E-state index contributed by atoms with van der Waals surface area (Å²) in [4.78, 5) is 23.1. The van der Waals surface area contributed by atoms with Crippen LogP contribution in [0, 0.1) is 0 Å². The standard InChI is InChI=1S/C25H25N4O8P/c1-25(2)34-20-18(33-24(21(20)35-25)29-15-28-19-22(29)26-14-27-23(19)30)13-32-38(31,36-16-9-5-3-6-10-16)37-17-11-7-4-8-12-17/h3-12,14-15,18,20-21,24H,13H2,1-2H3,(H,26,27,30)/t18-,20-,21-,24-/m1/s1. The first-order chi connectivity index (χ1) is 18.3. The van der Waals surface area contributed by atoms with E-state index in [1.54, 1.807) is 66.9 Å². The first kappa shape index (κ1) is 24.8. The third-order valence-corrected chi connectivity index (χ3v) is 7.42. The Morgan fingerprint density at radius 3 is 2.26 bits per heavy atom. The monoisotopic (exact) mass is 540 g/mol. The normalized spacial score (nSPS) is 24.4. The van der Waals surface area contributed by atoms with E-state index >= 15 is 0 Å². The summed E-state index contributed by atoms with van der Waals surface area (Å²) in [5, 5.41) is 0. The topological polar surface area (TPSA) is 136 Å². The van der Waals surface area contributed by atoms with Crippen LogP contribution in [0.3, 0.4) is 0 Å². The Labute approximate surface area is 217 Å². The number of H-pyrrole nitrogens is 1. The second kappa shape index (κ2) is 9.64. The minimum absolute atomic E-state index is 0.169. The van der Waals surface area contributed by atoms with E-state index in [-0.39, 0.29) is 17.7 Å². The van der Waals surface area contributed by atoms with Crippen LogP contribution in [0.25, 0.3) is 11.2 Å². The summed E-state index contributed by atoms with van der Waals surface area (Å²) in [5.41, 5.74) is 0.129. The molecular weight excluding hydrogens is 515 g/mol. The molecule has 1 N–H and O–H groups in total. The van der Waals surface area contributed by atoms with Gasteiger partial charge in [0, 0.05) is 0 Å². The van der Waals surface area contributed by atoms with Gasteiger partial charge in [0.2, 0.25) is 0 Å². The van der Waals surface area contributed by atoms with Crippen molar-refractivity contribution in [1.29, 1.82) is 0 Å². The Bertz CT molecular complexity index is 1480. The van der Waals surface area contributed by atoms with E-state index in [4.69, 9.17) is 27.8 Å². The molecule has 2 aliphatic rings. The molecule has 0 saturated carbocycles. The Kier molecular flexibility index (Phi) is 6.29. The minimum Gasteiger partial charge on any atom is -0.395 e. The largest absolute Gasteiger partial charge is 0.587 e. The molecule has 4 aromatic rings. The molecule has 13 heteroatoms. The van der Waals surface area contributed by atoms with E-state index in [1.807, 2.05) is 12.1 Å². The van der Waals surface area contributed by atoms with Crippen LogP contribution in [-0.2, 0) is 23.3 Å². The highest BCUT2D eigenvalue weighted by Crippen LogP contribution is 2.51. The van der Waals surface area contributed by atoms with E-state index in [1.165, 1.54) is 12.7 Å². The predicted octanol–water partition coefficient (Wildman–Crippen LogP) is 3.82. The van der Waals surface area contributed by atoms with Gasteiger partial charge in [-0.1, -0.05) is 36.4 Å². The second-order valence-corrected chi connectivity index (χ2v) is 10.8. The maximum Gasteiger partial charge on any atom is 0.587 e. The maximum atomic E-state index is 13.8. The third kappa shape index (κ3) is 4.84. The molecule has 198 valence electrons. The molecule has 0 aliphatic carbocycles. The SMILES string of the molecule is CC1(C)O[C@@H]2[C@H](O1)[C@@H](COP(=O)(Oc1ccccc1)Oc1ccccc1)O[C@H]2n1cnc2c(=O)[nH]cnc21.